The molecule has 0 atom stereocenters. The van der Waals surface area contributed by atoms with Crippen LogP contribution in [0.4, 0.5) is 22.7 Å². The number of azo groups is 2. The lowest BCUT2D eigenvalue weighted by Gasteiger charge is -2.07. The molecule has 0 amide bonds. The van der Waals surface area contributed by atoms with E-state index >= 15 is 0 Å². The third kappa shape index (κ3) is 28.0. The summed E-state index contributed by atoms with van der Waals surface area (Å²) >= 11 is 5.51. The molecule has 0 aromatic heterocycles. The number of halogens is 1. The molecular formula is C54H73ClN4O6. The summed E-state index contributed by atoms with van der Waals surface area (Å²) in [5.41, 5.74) is 6.81. The molecule has 4 rings (SSSR count). The van der Waals surface area contributed by atoms with Crippen LogP contribution in [0.2, 0.25) is 0 Å². The molecule has 0 saturated heterocycles. The zero-order chi connectivity index (χ0) is 47.3. The molecule has 0 spiro atoms. The van der Waals surface area contributed by atoms with Gasteiger partial charge in [-0.3, -0.25) is 0 Å². The van der Waals surface area contributed by atoms with Crippen molar-refractivity contribution < 1.29 is 28.9 Å². The van der Waals surface area contributed by atoms with E-state index in [1.54, 1.807) is 38.1 Å². The average molecular weight is 910 g/mol. The summed E-state index contributed by atoms with van der Waals surface area (Å²) < 4.78 is 15.8. The molecule has 352 valence electrons. The number of aryl methyl sites for hydroxylation is 2. The van der Waals surface area contributed by atoms with Crippen molar-refractivity contribution >= 4 is 46.3 Å². The van der Waals surface area contributed by atoms with E-state index in [4.69, 9.17) is 25.8 Å². The second-order valence-corrected chi connectivity index (χ2v) is 16.2. The minimum absolute atomic E-state index is 0.238. The molecule has 0 aliphatic rings. The number of benzene rings is 4. The standard InChI is InChI=1S/C27H36N2O3.C17H20N2O.C10H17ClO2/c1-4-5-8-12-23-13-11-14-25(21-23)29-28-24-15-17-26(18-16-24)31-19-9-6-7-10-20-32-27(30)22(2)3;1-2-3-4-6-14-7-5-8-16(13-14)19-18-15-9-11-17(20)12-10-15;1-9(2)10(12)13-8-6-4-3-5-7-11/h11,13-18,21H,2,4-10,12,19-20H2,1,3H3;5,7-13,20H,2-4,6H2,1H3;1,3-8H2,2H3. The number of hydrogen-bond acceptors (Lipinski definition) is 10. The molecular weight excluding hydrogens is 836 g/mol. The van der Waals surface area contributed by atoms with Crippen LogP contribution < -0.4 is 4.74 Å². The highest BCUT2D eigenvalue weighted by Crippen LogP contribution is 2.24. The van der Waals surface area contributed by atoms with Crippen LogP contribution in [0.1, 0.15) is 129 Å². The van der Waals surface area contributed by atoms with E-state index in [2.05, 4.69) is 71.7 Å². The van der Waals surface area contributed by atoms with Crippen LogP contribution in [0.5, 0.6) is 11.5 Å². The second kappa shape index (κ2) is 35.7. The third-order valence-electron chi connectivity index (χ3n) is 9.71. The maximum atomic E-state index is 11.3. The summed E-state index contributed by atoms with van der Waals surface area (Å²) in [5.74, 6) is 1.18. The van der Waals surface area contributed by atoms with Gasteiger partial charge in [0.25, 0.3) is 0 Å². The van der Waals surface area contributed by atoms with Gasteiger partial charge in [0, 0.05) is 17.0 Å². The van der Waals surface area contributed by atoms with Gasteiger partial charge >= 0.3 is 11.9 Å². The Hall–Kier alpha value is -5.61. The molecule has 0 saturated carbocycles. The number of phenolic OH excluding ortho intramolecular Hbond substituents is 1. The van der Waals surface area contributed by atoms with Gasteiger partial charge in [-0.05, 0) is 162 Å². The minimum Gasteiger partial charge on any atom is -0.508 e. The number of aromatic hydroxyl groups is 1. The number of nitrogens with zero attached hydrogens (tertiary/aromatic N) is 4. The van der Waals surface area contributed by atoms with Crippen LogP contribution in [0.3, 0.4) is 0 Å². The van der Waals surface area contributed by atoms with Crippen molar-refractivity contribution in [3.63, 3.8) is 0 Å². The van der Waals surface area contributed by atoms with E-state index in [0.29, 0.717) is 36.8 Å². The summed E-state index contributed by atoms with van der Waals surface area (Å²) in [6.45, 7) is 16.4. The second-order valence-electron chi connectivity index (χ2n) is 15.9. The molecule has 0 fully saturated rings. The van der Waals surface area contributed by atoms with Gasteiger partial charge in [-0.2, -0.15) is 20.5 Å². The number of carbonyl (C=O) groups excluding carboxylic acids is 2. The maximum absolute atomic E-state index is 11.3. The van der Waals surface area contributed by atoms with Gasteiger partial charge in [-0.1, -0.05) is 89.8 Å². The number of unbranched alkanes of at least 4 members (excludes halogenated alkanes) is 10. The van der Waals surface area contributed by atoms with Gasteiger partial charge in [-0.15, -0.1) is 11.6 Å². The monoisotopic (exact) mass is 909 g/mol. The molecule has 0 radical (unpaired) electrons. The summed E-state index contributed by atoms with van der Waals surface area (Å²) in [7, 11) is 0. The van der Waals surface area contributed by atoms with Crippen LogP contribution in [0.25, 0.3) is 0 Å². The lowest BCUT2D eigenvalue weighted by Crippen LogP contribution is -2.06. The first-order chi connectivity index (χ1) is 31.5. The van der Waals surface area contributed by atoms with E-state index in [9.17, 15) is 14.7 Å². The molecule has 10 nitrogen and oxygen atoms in total. The molecule has 0 aliphatic heterocycles. The zero-order valence-electron chi connectivity index (χ0n) is 39.4. The highest BCUT2D eigenvalue weighted by molar-refractivity contribution is 6.17. The van der Waals surface area contributed by atoms with Gasteiger partial charge < -0.3 is 19.3 Å². The molecule has 65 heavy (non-hydrogen) atoms. The van der Waals surface area contributed by atoms with Crippen molar-refractivity contribution in [3.05, 3.63) is 132 Å². The highest BCUT2D eigenvalue weighted by atomic mass is 35.5. The van der Waals surface area contributed by atoms with Gasteiger partial charge in [0.2, 0.25) is 0 Å². The van der Waals surface area contributed by atoms with Crippen LogP contribution in [0, 0.1) is 0 Å². The molecule has 0 heterocycles. The predicted molar refractivity (Wildman–Crippen MR) is 267 cm³/mol. The lowest BCUT2D eigenvalue weighted by atomic mass is 10.1. The number of esters is 2. The largest absolute Gasteiger partial charge is 0.508 e. The fraction of sp³-hybridized carbons (Fsp3) is 0.444. The average Bonchev–Trinajstić information content (AvgIpc) is 3.31. The minimum atomic E-state index is -0.313. The molecule has 4 aromatic rings. The van der Waals surface area contributed by atoms with Gasteiger partial charge in [0.15, 0.2) is 0 Å². The molecule has 4 aromatic carbocycles. The Morgan fingerprint density at radius 1 is 0.523 bits per heavy atom. The Kier molecular flexibility index (Phi) is 30.5. The van der Waals surface area contributed by atoms with Crippen molar-refractivity contribution in [1.82, 2.24) is 0 Å². The Morgan fingerprint density at radius 3 is 1.37 bits per heavy atom. The van der Waals surface area contributed by atoms with E-state index in [1.807, 2.05) is 48.5 Å². The Morgan fingerprint density at radius 2 is 0.938 bits per heavy atom. The highest BCUT2D eigenvalue weighted by Gasteiger charge is 2.04. The first-order valence-electron chi connectivity index (χ1n) is 23.3. The molecule has 0 aliphatic carbocycles. The maximum Gasteiger partial charge on any atom is 0.333 e. The SMILES string of the molecule is C=C(C)C(=O)OCCCCCCCl.C=C(C)C(=O)OCCCCCCOc1ccc(N=Nc2cccc(CCCCC)c2)cc1.CCCCCc1cccc(N=Nc2ccc(O)cc2)c1. The summed E-state index contributed by atoms with van der Waals surface area (Å²) in [6.07, 6.45) is 17.6. The van der Waals surface area contributed by atoms with Gasteiger partial charge in [0.1, 0.15) is 11.5 Å². The predicted octanol–water partition coefficient (Wildman–Crippen LogP) is 16.3. The van der Waals surface area contributed by atoms with Crippen LogP contribution in [0.15, 0.2) is 142 Å². The van der Waals surface area contributed by atoms with Crippen LogP contribution in [-0.4, -0.2) is 42.7 Å². The molecule has 1 N–H and O–H groups in total. The zero-order valence-corrected chi connectivity index (χ0v) is 40.2. The van der Waals surface area contributed by atoms with Crippen molar-refractivity contribution in [2.24, 2.45) is 20.5 Å². The van der Waals surface area contributed by atoms with Crippen molar-refractivity contribution in [3.8, 4) is 11.5 Å². The Labute approximate surface area is 394 Å². The number of phenols is 1. The summed E-state index contributed by atoms with van der Waals surface area (Å²) in [4.78, 5) is 22.2. The van der Waals surface area contributed by atoms with E-state index in [0.717, 1.165) is 92.7 Å². The first kappa shape index (κ1) is 55.5. The molecule has 11 heteroatoms. The number of alkyl halides is 1. The normalized spacial score (nSPS) is 10.7. The molecule has 0 unspecified atom stereocenters. The fourth-order valence-corrected chi connectivity index (χ4v) is 6.13. The van der Waals surface area contributed by atoms with Crippen LogP contribution in [-0.2, 0) is 31.9 Å². The topological polar surface area (TPSA) is 132 Å². The Bertz CT molecular complexity index is 2000. The van der Waals surface area contributed by atoms with Gasteiger partial charge in [0.05, 0.1) is 42.6 Å². The molecule has 0 bridgehead atoms. The quantitative estimate of drug-likeness (QED) is 0.0198. The summed E-state index contributed by atoms with van der Waals surface area (Å²) in [5, 5.41) is 26.3. The number of ether oxygens (including phenoxy) is 3. The number of hydrogen-bond donors (Lipinski definition) is 1. The van der Waals surface area contributed by atoms with Crippen LogP contribution >= 0.6 is 11.6 Å². The van der Waals surface area contributed by atoms with Crippen molar-refractivity contribution in [1.29, 1.82) is 0 Å². The third-order valence-corrected chi connectivity index (χ3v) is 9.97. The Balaban J connectivity index is 0.000000373. The van der Waals surface area contributed by atoms with Gasteiger partial charge in [-0.25, -0.2) is 9.59 Å². The number of carbonyl (C=O) groups is 2. The lowest BCUT2D eigenvalue weighted by molar-refractivity contribution is -0.139. The fourth-order valence-electron chi connectivity index (χ4n) is 5.94. The number of rotatable bonds is 28. The van der Waals surface area contributed by atoms with E-state index in [-0.39, 0.29) is 17.7 Å². The smallest absolute Gasteiger partial charge is 0.333 e. The van der Waals surface area contributed by atoms with E-state index < -0.39 is 0 Å². The van der Waals surface area contributed by atoms with Crippen molar-refractivity contribution in [2.45, 2.75) is 130 Å². The summed E-state index contributed by atoms with van der Waals surface area (Å²) in [6, 6.07) is 30.9. The van der Waals surface area contributed by atoms with E-state index in [1.165, 1.54) is 49.7 Å². The van der Waals surface area contributed by atoms with Crippen molar-refractivity contribution in [2.75, 3.05) is 25.7 Å². The first-order valence-corrected chi connectivity index (χ1v) is 23.8.